The van der Waals surface area contributed by atoms with E-state index >= 15 is 0 Å². The molecule has 3 rings (SSSR count). The highest BCUT2D eigenvalue weighted by Crippen LogP contribution is 2.27. The maximum atomic E-state index is 12.5. The van der Waals surface area contributed by atoms with Crippen LogP contribution in [-0.2, 0) is 12.1 Å². The zero-order valence-electron chi connectivity index (χ0n) is 17.5. The third-order valence-electron chi connectivity index (χ3n) is 4.93. The molecule has 0 saturated heterocycles. The predicted octanol–water partition coefficient (Wildman–Crippen LogP) is 4.58. The van der Waals surface area contributed by atoms with E-state index in [0.717, 1.165) is 34.0 Å². The SMILES string of the molecule is COc1ccc(C(=O)Nc2cccc(CNC(C)(C)c3c(C)noc3C)c2)cc1. The molecular weight excluding hydrogens is 366 g/mol. The van der Waals surface area contributed by atoms with E-state index in [-0.39, 0.29) is 11.4 Å². The number of carbonyl (C=O) groups is 1. The Morgan fingerprint density at radius 1 is 1.14 bits per heavy atom. The summed E-state index contributed by atoms with van der Waals surface area (Å²) in [5, 5.41) is 10.6. The Labute approximate surface area is 171 Å². The molecule has 0 unspecified atom stereocenters. The van der Waals surface area contributed by atoms with Crippen molar-refractivity contribution in [1.82, 2.24) is 10.5 Å². The number of aryl methyl sites for hydroxylation is 2. The van der Waals surface area contributed by atoms with Crippen LogP contribution in [0.1, 0.15) is 46.8 Å². The third kappa shape index (κ3) is 4.84. The van der Waals surface area contributed by atoms with E-state index in [1.165, 1.54) is 0 Å². The Morgan fingerprint density at radius 2 is 1.86 bits per heavy atom. The van der Waals surface area contributed by atoms with Crippen LogP contribution in [0.3, 0.4) is 0 Å². The van der Waals surface area contributed by atoms with Gasteiger partial charge in [0.25, 0.3) is 5.91 Å². The van der Waals surface area contributed by atoms with Crippen LogP contribution in [0.2, 0.25) is 0 Å². The van der Waals surface area contributed by atoms with Gasteiger partial charge in [-0.05, 0) is 69.7 Å². The summed E-state index contributed by atoms with van der Waals surface area (Å²) in [5.74, 6) is 1.38. The highest BCUT2D eigenvalue weighted by molar-refractivity contribution is 6.04. The number of rotatable bonds is 7. The summed E-state index contributed by atoms with van der Waals surface area (Å²) < 4.78 is 10.4. The Kier molecular flexibility index (Phi) is 6.03. The molecule has 0 atom stereocenters. The molecule has 0 fully saturated rings. The quantitative estimate of drug-likeness (QED) is 0.615. The van der Waals surface area contributed by atoms with Crippen LogP contribution in [0.25, 0.3) is 0 Å². The first-order chi connectivity index (χ1) is 13.8. The number of carbonyl (C=O) groups excluding carboxylic acids is 1. The van der Waals surface area contributed by atoms with Crippen molar-refractivity contribution < 1.29 is 14.1 Å². The third-order valence-corrected chi connectivity index (χ3v) is 4.93. The number of hydrogen-bond donors (Lipinski definition) is 2. The van der Waals surface area contributed by atoms with Gasteiger partial charge in [0.15, 0.2) is 0 Å². The van der Waals surface area contributed by atoms with E-state index in [2.05, 4.69) is 29.6 Å². The monoisotopic (exact) mass is 393 g/mol. The van der Waals surface area contributed by atoms with Crippen molar-refractivity contribution >= 4 is 11.6 Å². The Morgan fingerprint density at radius 3 is 2.48 bits per heavy atom. The van der Waals surface area contributed by atoms with Crippen LogP contribution in [0.4, 0.5) is 5.69 Å². The van der Waals surface area contributed by atoms with Gasteiger partial charge in [0.05, 0.1) is 12.8 Å². The summed E-state index contributed by atoms with van der Waals surface area (Å²) in [6.07, 6.45) is 0. The van der Waals surface area contributed by atoms with Gasteiger partial charge in [0.1, 0.15) is 11.5 Å². The van der Waals surface area contributed by atoms with Crippen molar-refractivity contribution in [2.75, 3.05) is 12.4 Å². The maximum Gasteiger partial charge on any atom is 0.255 e. The fourth-order valence-corrected chi connectivity index (χ4v) is 3.49. The molecule has 1 aromatic heterocycles. The highest BCUT2D eigenvalue weighted by atomic mass is 16.5. The summed E-state index contributed by atoms with van der Waals surface area (Å²) in [4.78, 5) is 12.5. The molecule has 0 bridgehead atoms. The lowest BCUT2D eigenvalue weighted by molar-refractivity contribution is 0.102. The smallest absolute Gasteiger partial charge is 0.255 e. The van der Waals surface area contributed by atoms with E-state index in [0.29, 0.717) is 12.1 Å². The molecule has 0 aliphatic heterocycles. The molecule has 6 heteroatoms. The van der Waals surface area contributed by atoms with Crippen molar-refractivity contribution in [3.8, 4) is 5.75 Å². The second-order valence-electron chi connectivity index (χ2n) is 7.56. The lowest BCUT2D eigenvalue weighted by Crippen LogP contribution is -2.36. The Hall–Kier alpha value is -3.12. The molecule has 3 aromatic rings. The molecule has 6 nitrogen and oxygen atoms in total. The maximum absolute atomic E-state index is 12.5. The topological polar surface area (TPSA) is 76.4 Å². The molecule has 1 heterocycles. The predicted molar refractivity (Wildman–Crippen MR) is 113 cm³/mol. The summed E-state index contributed by atoms with van der Waals surface area (Å²) in [6, 6.07) is 14.8. The number of anilines is 1. The molecule has 2 N–H and O–H groups in total. The lowest BCUT2D eigenvalue weighted by Gasteiger charge is -2.26. The number of nitrogens with one attached hydrogen (secondary N) is 2. The minimum absolute atomic E-state index is 0.159. The van der Waals surface area contributed by atoms with E-state index < -0.39 is 0 Å². The largest absolute Gasteiger partial charge is 0.497 e. The van der Waals surface area contributed by atoms with Gasteiger partial charge in [-0.3, -0.25) is 4.79 Å². The van der Waals surface area contributed by atoms with Crippen LogP contribution in [-0.4, -0.2) is 18.2 Å². The molecule has 0 aliphatic rings. The van der Waals surface area contributed by atoms with E-state index in [4.69, 9.17) is 9.26 Å². The molecule has 0 aliphatic carbocycles. The number of benzene rings is 2. The molecule has 2 aromatic carbocycles. The molecule has 1 amide bonds. The number of amides is 1. The van der Waals surface area contributed by atoms with Crippen molar-refractivity contribution in [3.05, 3.63) is 76.7 Å². The normalized spacial score (nSPS) is 11.3. The van der Waals surface area contributed by atoms with Crippen LogP contribution < -0.4 is 15.4 Å². The highest BCUT2D eigenvalue weighted by Gasteiger charge is 2.27. The second kappa shape index (κ2) is 8.49. The van der Waals surface area contributed by atoms with Crippen molar-refractivity contribution in [1.29, 1.82) is 0 Å². The van der Waals surface area contributed by atoms with Crippen LogP contribution >= 0.6 is 0 Å². The van der Waals surface area contributed by atoms with Gasteiger partial charge in [-0.25, -0.2) is 0 Å². The minimum atomic E-state index is -0.295. The summed E-state index contributed by atoms with van der Waals surface area (Å²) in [6.45, 7) is 8.73. The van der Waals surface area contributed by atoms with Gasteiger partial charge >= 0.3 is 0 Å². The average molecular weight is 393 g/mol. The van der Waals surface area contributed by atoms with Gasteiger partial charge in [0.2, 0.25) is 0 Å². The minimum Gasteiger partial charge on any atom is -0.497 e. The number of hydrogen-bond acceptors (Lipinski definition) is 5. The molecule has 29 heavy (non-hydrogen) atoms. The van der Waals surface area contributed by atoms with Crippen LogP contribution in [0, 0.1) is 13.8 Å². The van der Waals surface area contributed by atoms with Crippen molar-refractivity contribution in [2.45, 2.75) is 39.8 Å². The molecule has 0 radical (unpaired) electrons. The van der Waals surface area contributed by atoms with Gasteiger partial charge in [0, 0.05) is 28.9 Å². The Bertz CT molecular complexity index is 971. The number of aromatic nitrogens is 1. The molecule has 0 spiro atoms. The van der Waals surface area contributed by atoms with E-state index in [9.17, 15) is 4.79 Å². The van der Waals surface area contributed by atoms with E-state index in [1.54, 1.807) is 31.4 Å². The van der Waals surface area contributed by atoms with E-state index in [1.807, 2.05) is 38.1 Å². The van der Waals surface area contributed by atoms with Crippen molar-refractivity contribution in [2.24, 2.45) is 0 Å². The molecular formula is C23H27N3O3. The molecule has 0 saturated carbocycles. The standard InChI is InChI=1S/C23H27N3O3/c1-15-21(16(2)29-26-15)23(3,4)24-14-17-7-6-8-19(13-17)25-22(27)18-9-11-20(28-5)12-10-18/h6-13,24H,14H2,1-5H3,(H,25,27). The van der Waals surface area contributed by atoms with Gasteiger partial charge < -0.3 is 19.9 Å². The van der Waals surface area contributed by atoms with Crippen LogP contribution in [0.5, 0.6) is 5.75 Å². The molecule has 152 valence electrons. The summed E-state index contributed by atoms with van der Waals surface area (Å²) in [7, 11) is 1.60. The second-order valence-corrected chi connectivity index (χ2v) is 7.56. The van der Waals surface area contributed by atoms with Crippen LogP contribution in [0.15, 0.2) is 53.1 Å². The summed E-state index contributed by atoms with van der Waals surface area (Å²) in [5.41, 5.74) is 4.06. The lowest BCUT2D eigenvalue weighted by atomic mass is 9.92. The first-order valence-electron chi connectivity index (χ1n) is 9.53. The fourth-order valence-electron chi connectivity index (χ4n) is 3.49. The van der Waals surface area contributed by atoms with Crippen molar-refractivity contribution in [3.63, 3.8) is 0 Å². The number of ether oxygens (including phenoxy) is 1. The zero-order chi connectivity index (χ0) is 21.0. The van der Waals surface area contributed by atoms with Gasteiger partial charge in [-0.1, -0.05) is 17.3 Å². The van der Waals surface area contributed by atoms with Gasteiger partial charge in [-0.15, -0.1) is 0 Å². The Balaban J connectivity index is 1.67. The summed E-state index contributed by atoms with van der Waals surface area (Å²) >= 11 is 0. The van der Waals surface area contributed by atoms with Gasteiger partial charge in [-0.2, -0.15) is 0 Å². The number of nitrogens with zero attached hydrogens (tertiary/aromatic N) is 1. The number of methoxy groups -OCH3 is 1. The first-order valence-corrected chi connectivity index (χ1v) is 9.53. The first kappa shape index (κ1) is 20.6. The average Bonchev–Trinajstić information content (AvgIpc) is 3.06. The fraction of sp³-hybridized carbons (Fsp3) is 0.304. The zero-order valence-corrected chi connectivity index (χ0v) is 17.5.